The van der Waals surface area contributed by atoms with E-state index in [0.29, 0.717) is 10.9 Å². The second kappa shape index (κ2) is 5.29. The van der Waals surface area contributed by atoms with E-state index in [1.165, 1.54) is 26.2 Å². The number of hydrogen-bond donors (Lipinski definition) is 2. The van der Waals surface area contributed by atoms with Crippen molar-refractivity contribution in [3.8, 4) is 0 Å². The maximum atomic E-state index is 11.0. The third kappa shape index (κ3) is 3.25. The Morgan fingerprint density at radius 1 is 1.43 bits per heavy atom. The Bertz CT molecular complexity index is 224. The highest BCUT2D eigenvalue weighted by Crippen LogP contribution is 2.26. The average molecular weight is 214 g/mol. The highest BCUT2D eigenvalue weighted by molar-refractivity contribution is 7.80. The Morgan fingerprint density at radius 2 is 2.00 bits per heavy atom. The molecule has 1 saturated carbocycles. The monoisotopic (exact) mass is 214 g/mol. The van der Waals surface area contributed by atoms with Crippen LogP contribution in [0, 0.1) is 5.92 Å². The van der Waals surface area contributed by atoms with Crippen LogP contribution in [-0.4, -0.2) is 16.9 Å². The lowest BCUT2D eigenvalue weighted by Crippen LogP contribution is -2.48. The predicted octanol–water partition coefficient (Wildman–Crippen LogP) is 1.36. The molecular formula is C10H18N2OS. The predicted molar refractivity (Wildman–Crippen MR) is 61.0 cm³/mol. The molecule has 1 fully saturated rings. The van der Waals surface area contributed by atoms with Gasteiger partial charge in [-0.1, -0.05) is 31.5 Å². The first-order valence-corrected chi connectivity index (χ1v) is 5.58. The molecule has 0 spiro atoms. The SMILES string of the molecule is CC(=O)NC(C(N)=S)C1CCCCC1. The van der Waals surface area contributed by atoms with Gasteiger partial charge in [-0.3, -0.25) is 4.79 Å². The number of rotatable bonds is 3. The van der Waals surface area contributed by atoms with Gasteiger partial charge >= 0.3 is 0 Å². The summed E-state index contributed by atoms with van der Waals surface area (Å²) in [6, 6.07) is -0.0946. The van der Waals surface area contributed by atoms with Crippen LogP contribution in [0.3, 0.4) is 0 Å². The number of carbonyl (C=O) groups is 1. The summed E-state index contributed by atoms with van der Waals surface area (Å²) >= 11 is 4.98. The van der Waals surface area contributed by atoms with Gasteiger partial charge in [0.05, 0.1) is 11.0 Å². The first-order chi connectivity index (χ1) is 6.61. The lowest BCUT2D eigenvalue weighted by Gasteiger charge is -2.29. The summed E-state index contributed by atoms with van der Waals surface area (Å²) in [6.07, 6.45) is 6.00. The summed E-state index contributed by atoms with van der Waals surface area (Å²) in [7, 11) is 0. The molecule has 0 bridgehead atoms. The Labute approximate surface area is 90.4 Å². The maximum Gasteiger partial charge on any atom is 0.217 e. The first-order valence-electron chi connectivity index (χ1n) is 5.17. The van der Waals surface area contributed by atoms with Gasteiger partial charge in [-0.2, -0.15) is 0 Å². The van der Waals surface area contributed by atoms with Crippen LogP contribution in [-0.2, 0) is 4.79 Å². The summed E-state index contributed by atoms with van der Waals surface area (Å²) in [4.78, 5) is 11.4. The van der Waals surface area contributed by atoms with Gasteiger partial charge in [-0.15, -0.1) is 0 Å². The number of carbonyl (C=O) groups excluding carboxylic acids is 1. The molecule has 1 rings (SSSR count). The second-order valence-electron chi connectivity index (χ2n) is 3.98. The van der Waals surface area contributed by atoms with Crippen molar-refractivity contribution in [1.82, 2.24) is 5.32 Å². The van der Waals surface area contributed by atoms with Gasteiger partial charge in [0.1, 0.15) is 0 Å². The van der Waals surface area contributed by atoms with Gasteiger partial charge in [0.15, 0.2) is 0 Å². The molecule has 0 aromatic rings. The van der Waals surface area contributed by atoms with E-state index in [-0.39, 0.29) is 11.9 Å². The molecule has 1 aliphatic carbocycles. The highest BCUT2D eigenvalue weighted by Gasteiger charge is 2.26. The molecule has 4 heteroatoms. The molecule has 3 nitrogen and oxygen atoms in total. The Kier molecular flexibility index (Phi) is 4.32. The van der Waals surface area contributed by atoms with Crippen molar-refractivity contribution in [3.05, 3.63) is 0 Å². The summed E-state index contributed by atoms with van der Waals surface area (Å²) in [5.74, 6) is 0.401. The number of amides is 1. The van der Waals surface area contributed by atoms with E-state index in [4.69, 9.17) is 18.0 Å². The van der Waals surface area contributed by atoms with Crippen molar-refractivity contribution in [2.45, 2.75) is 45.1 Å². The van der Waals surface area contributed by atoms with Crippen molar-refractivity contribution in [1.29, 1.82) is 0 Å². The number of nitrogens with one attached hydrogen (secondary N) is 1. The van der Waals surface area contributed by atoms with Gasteiger partial charge < -0.3 is 11.1 Å². The smallest absolute Gasteiger partial charge is 0.217 e. The molecule has 3 N–H and O–H groups in total. The van der Waals surface area contributed by atoms with Crippen molar-refractivity contribution in [2.24, 2.45) is 11.7 Å². The molecule has 0 radical (unpaired) electrons. The van der Waals surface area contributed by atoms with Crippen LogP contribution >= 0.6 is 12.2 Å². The van der Waals surface area contributed by atoms with Crippen molar-refractivity contribution < 1.29 is 4.79 Å². The van der Waals surface area contributed by atoms with Crippen LogP contribution in [0.15, 0.2) is 0 Å². The molecule has 1 amide bonds. The number of hydrogen-bond acceptors (Lipinski definition) is 2. The molecule has 0 aromatic heterocycles. The fourth-order valence-electron chi connectivity index (χ4n) is 2.11. The lowest BCUT2D eigenvalue weighted by atomic mass is 9.84. The molecule has 1 atom stereocenters. The molecule has 0 aromatic carbocycles. The van der Waals surface area contributed by atoms with E-state index < -0.39 is 0 Å². The Morgan fingerprint density at radius 3 is 2.43 bits per heavy atom. The van der Waals surface area contributed by atoms with Crippen molar-refractivity contribution in [2.75, 3.05) is 0 Å². The normalized spacial score (nSPS) is 20.1. The quantitative estimate of drug-likeness (QED) is 0.697. The van der Waals surface area contributed by atoms with Gasteiger partial charge in [0.25, 0.3) is 0 Å². The van der Waals surface area contributed by atoms with Crippen LogP contribution in [0.4, 0.5) is 0 Å². The fraction of sp³-hybridized carbons (Fsp3) is 0.800. The van der Waals surface area contributed by atoms with Gasteiger partial charge in [0.2, 0.25) is 5.91 Å². The molecule has 0 heterocycles. The molecule has 0 aliphatic heterocycles. The van der Waals surface area contributed by atoms with E-state index >= 15 is 0 Å². The number of thiocarbonyl (C=S) groups is 1. The van der Waals surface area contributed by atoms with E-state index in [1.807, 2.05) is 0 Å². The lowest BCUT2D eigenvalue weighted by molar-refractivity contribution is -0.119. The first kappa shape index (κ1) is 11.4. The fourth-order valence-corrected chi connectivity index (χ4v) is 2.36. The summed E-state index contributed by atoms with van der Waals surface area (Å²) in [6.45, 7) is 1.51. The molecule has 0 saturated heterocycles. The molecule has 1 unspecified atom stereocenters. The van der Waals surface area contributed by atoms with Crippen LogP contribution in [0.5, 0.6) is 0 Å². The van der Waals surface area contributed by atoms with Gasteiger partial charge in [-0.25, -0.2) is 0 Å². The van der Waals surface area contributed by atoms with Crippen LogP contribution < -0.4 is 11.1 Å². The highest BCUT2D eigenvalue weighted by atomic mass is 32.1. The third-order valence-corrected chi connectivity index (χ3v) is 3.04. The van der Waals surface area contributed by atoms with Crippen LogP contribution in [0.2, 0.25) is 0 Å². The van der Waals surface area contributed by atoms with Crippen LogP contribution in [0.25, 0.3) is 0 Å². The topological polar surface area (TPSA) is 55.1 Å². The van der Waals surface area contributed by atoms with E-state index in [1.54, 1.807) is 0 Å². The van der Waals surface area contributed by atoms with Crippen molar-refractivity contribution >= 4 is 23.1 Å². The summed E-state index contributed by atoms with van der Waals surface area (Å²) < 4.78 is 0. The summed E-state index contributed by atoms with van der Waals surface area (Å²) in [5.41, 5.74) is 5.63. The minimum absolute atomic E-state index is 0.0478. The van der Waals surface area contributed by atoms with Crippen molar-refractivity contribution in [3.63, 3.8) is 0 Å². The molecular weight excluding hydrogens is 196 g/mol. The zero-order valence-corrected chi connectivity index (χ0v) is 9.40. The van der Waals surface area contributed by atoms with Crippen LogP contribution in [0.1, 0.15) is 39.0 Å². The van der Waals surface area contributed by atoms with Gasteiger partial charge in [-0.05, 0) is 18.8 Å². The zero-order chi connectivity index (χ0) is 10.6. The molecule has 14 heavy (non-hydrogen) atoms. The molecule has 80 valence electrons. The minimum Gasteiger partial charge on any atom is -0.392 e. The Balaban J connectivity index is 2.56. The Hall–Kier alpha value is -0.640. The largest absolute Gasteiger partial charge is 0.392 e. The standard InChI is InChI=1S/C10H18N2OS/c1-7(13)12-9(10(11)14)8-5-3-2-4-6-8/h8-9H,2-6H2,1H3,(H2,11,14)(H,12,13). The second-order valence-corrected chi connectivity index (χ2v) is 4.45. The van der Waals surface area contributed by atoms with E-state index in [2.05, 4.69) is 5.32 Å². The van der Waals surface area contributed by atoms with E-state index in [0.717, 1.165) is 12.8 Å². The third-order valence-electron chi connectivity index (χ3n) is 2.79. The maximum absolute atomic E-state index is 11.0. The summed E-state index contributed by atoms with van der Waals surface area (Å²) in [5, 5.41) is 2.84. The average Bonchev–Trinajstić information content (AvgIpc) is 2.15. The zero-order valence-electron chi connectivity index (χ0n) is 8.58. The minimum atomic E-state index is -0.0946. The van der Waals surface area contributed by atoms with Gasteiger partial charge in [0, 0.05) is 6.92 Å². The number of nitrogens with two attached hydrogens (primary N) is 1. The molecule has 1 aliphatic rings. The van der Waals surface area contributed by atoms with E-state index in [9.17, 15) is 4.79 Å².